The molecule has 2 aromatic carbocycles. The number of benzene rings is 2. The summed E-state index contributed by atoms with van der Waals surface area (Å²) in [6.07, 6.45) is 1.40. The highest BCUT2D eigenvalue weighted by atomic mass is 35.5. The zero-order valence-electron chi connectivity index (χ0n) is 15.5. The molecule has 4 N–H and O–H groups in total. The van der Waals surface area contributed by atoms with Crippen molar-refractivity contribution in [1.29, 1.82) is 0 Å². The maximum Gasteiger partial charge on any atom is 0.291 e. The molecule has 0 aliphatic carbocycles. The number of aliphatic hydroxyl groups excluding tert-OH is 2. The van der Waals surface area contributed by atoms with Crippen molar-refractivity contribution in [3.63, 3.8) is 0 Å². The smallest absolute Gasteiger partial charge is 0.291 e. The standard InChI is InChI=1S/C21H20N2O4.ClH/c1-10-15-8-23(21-20(26)17(25)9-27-21)6-5-13(15)11(2)19-18(10)14-7-12(24)3-4-16(14)22-19;/h3-8,17,20-21,24-26H,9H2,1-2H3;1H. The van der Waals surface area contributed by atoms with E-state index in [1.807, 2.05) is 29.1 Å². The highest BCUT2D eigenvalue weighted by Gasteiger charge is 2.41. The van der Waals surface area contributed by atoms with E-state index in [9.17, 15) is 15.3 Å². The summed E-state index contributed by atoms with van der Waals surface area (Å²) in [6.45, 7) is 4.26. The lowest BCUT2D eigenvalue weighted by molar-refractivity contribution is -0.763. The van der Waals surface area contributed by atoms with Gasteiger partial charge in [0.25, 0.3) is 6.23 Å². The molecular weight excluding hydrogens is 380 g/mol. The van der Waals surface area contributed by atoms with Gasteiger partial charge in [-0.3, -0.25) is 0 Å². The lowest BCUT2D eigenvalue weighted by Crippen LogP contribution is -3.00. The number of nitrogens with zero attached hydrogens (tertiary/aromatic N) is 1. The summed E-state index contributed by atoms with van der Waals surface area (Å²) in [5.74, 6) is 0.236. The van der Waals surface area contributed by atoms with Crippen molar-refractivity contribution in [1.82, 2.24) is 4.98 Å². The van der Waals surface area contributed by atoms with Crippen LogP contribution in [0.15, 0.2) is 36.7 Å². The maximum absolute atomic E-state index is 10.2. The van der Waals surface area contributed by atoms with Gasteiger partial charge in [0.05, 0.1) is 12.1 Å². The number of pyridine rings is 1. The number of halogens is 1. The van der Waals surface area contributed by atoms with E-state index >= 15 is 0 Å². The first-order chi connectivity index (χ1) is 13.0. The molecule has 7 heteroatoms. The van der Waals surface area contributed by atoms with E-state index in [0.29, 0.717) is 0 Å². The van der Waals surface area contributed by atoms with Crippen LogP contribution in [0.1, 0.15) is 17.4 Å². The average molecular weight is 401 g/mol. The predicted octanol–water partition coefficient (Wildman–Crippen LogP) is -0.661. The number of rotatable bonds is 1. The van der Waals surface area contributed by atoms with Crippen LogP contribution in [0.4, 0.5) is 0 Å². The number of fused-ring (bicyclic) bond motifs is 4. The fourth-order valence-corrected chi connectivity index (χ4v) is 4.26. The number of aromatic nitrogens is 2. The molecule has 6 nitrogen and oxygen atoms in total. The minimum atomic E-state index is -0.956. The number of H-pyrrole nitrogens is 1. The Morgan fingerprint density at radius 3 is 2.57 bits per heavy atom. The molecule has 28 heavy (non-hydrogen) atoms. The molecule has 146 valence electrons. The number of hydrogen-bond donors (Lipinski definition) is 4. The first-order valence-corrected chi connectivity index (χ1v) is 9.01. The van der Waals surface area contributed by atoms with Crippen LogP contribution < -0.4 is 17.0 Å². The Morgan fingerprint density at radius 1 is 1.07 bits per heavy atom. The second-order valence-corrected chi connectivity index (χ2v) is 7.36. The number of aromatic hydroxyl groups is 1. The number of aryl methyl sites for hydroxylation is 2. The predicted molar refractivity (Wildman–Crippen MR) is 102 cm³/mol. The molecule has 3 unspecified atom stereocenters. The number of aromatic amines is 1. The quantitative estimate of drug-likeness (QED) is 0.319. The zero-order chi connectivity index (χ0) is 18.9. The maximum atomic E-state index is 10.2. The molecule has 1 saturated heterocycles. The van der Waals surface area contributed by atoms with Gasteiger partial charge < -0.3 is 37.4 Å². The summed E-state index contributed by atoms with van der Waals surface area (Å²) < 4.78 is 7.38. The molecule has 3 atom stereocenters. The Balaban J connectivity index is 0.00000192. The third-order valence-electron chi connectivity index (χ3n) is 5.74. The number of aliphatic hydroxyl groups is 2. The number of phenols is 1. The van der Waals surface area contributed by atoms with Crippen molar-refractivity contribution < 1.29 is 37.0 Å². The van der Waals surface area contributed by atoms with E-state index in [1.54, 1.807) is 12.1 Å². The molecule has 0 radical (unpaired) electrons. The first-order valence-electron chi connectivity index (χ1n) is 9.01. The van der Waals surface area contributed by atoms with Crippen LogP contribution in [-0.2, 0) is 4.74 Å². The van der Waals surface area contributed by atoms with E-state index < -0.39 is 18.4 Å². The van der Waals surface area contributed by atoms with Gasteiger partial charge in [-0.15, -0.1) is 0 Å². The lowest BCUT2D eigenvalue weighted by Gasteiger charge is -2.12. The van der Waals surface area contributed by atoms with Crippen LogP contribution in [0.5, 0.6) is 5.75 Å². The highest BCUT2D eigenvalue weighted by Crippen LogP contribution is 2.37. The fourth-order valence-electron chi connectivity index (χ4n) is 4.26. The summed E-state index contributed by atoms with van der Waals surface area (Å²) in [5, 5.41) is 34.1. The second kappa shape index (κ2) is 6.60. The summed E-state index contributed by atoms with van der Waals surface area (Å²) in [7, 11) is 0. The van der Waals surface area contributed by atoms with Crippen molar-refractivity contribution in [2.45, 2.75) is 32.3 Å². The summed E-state index contributed by atoms with van der Waals surface area (Å²) in [4.78, 5) is 3.47. The second-order valence-electron chi connectivity index (χ2n) is 7.36. The van der Waals surface area contributed by atoms with Gasteiger partial charge in [0.1, 0.15) is 11.9 Å². The van der Waals surface area contributed by atoms with E-state index in [2.05, 4.69) is 18.8 Å². The molecule has 2 aromatic heterocycles. The van der Waals surface area contributed by atoms with E-state index in [-0.39, 0.29) is 24.8 Å². The Hall–Kier alpha value is -2.38. The number of ether oxygens (including phenoxy) is 1. The van der Waals surface area contributed by atoms with Crippen LogP contribution in [0, 0.1) is 13.8 Å². The molecule has 1 aliphatic heterocycles. The van der Waals surface area contributed by atoms with Gasteiger partial charge in [-0.05, 0) is 48.6 Å². The van der Waals surface area contributed by atoms with Gasteiger partial charge in [-0.25, -0.2) is 0 Å². The highest BCUT2D eigenvalue weighted by molar-refractivity contribution is 6.16. The third-order valence-corrected chi connectivity index (χ3v) is 5.74. The number of nitrogens with one attached hydrogen (secondary N) is 1. The van der Waals surface area contributed by atoms with Crippen LogP contribution in [-0.4, -0.2) is 39.1 Å². The minimum Gasteiger partial charge on any atom is -1.00 e. The van der Waals surface area contributed by atoms with Crippen LogP contribution in [0.25, 0.3) is 32.6 Å². The van der Waals surface area contributed by atoms with Gasteiger partial charge in [0, 0.05) is 27.7 Å². The van der Waals surface area contributed by atoms with E-state index in [1.165, 1.54) is 0 Å². The summed E-state index contributed by atoms with van der Waals surface area (Å²) in [6, 6.07) is 7.36. The largest absolute Gasteiger partial charge is 1.00 e. The molecule has 4 aromatic rings. The Bertz CT molecular complexity index is 1220. The number of phenolic OH excluding ortho intramolecular Hbond substituents is 1. The molecule has 0 bridgehead atoms. The Kier molecular flexibility index (Phi) is 4.47. The third kappa shape index (κ3) is 2.57. The van der Waals surface area contributed by atoms with E-state index in [4.69, 9.17) is 4.74 Å². The van der Waals surface area contributed by atoms with Crippen molar-refractivity contribution in [2.24, 2.45) is 0 Å². The molecule has 1 fully saturated rings. The van der Waals surface area contributed by atoms with Crippen molar-refractivity contribution >= 4 is 32.6 Å². The number of hydrogen-bond acceptors (Lipinski definition) is 4. The molecule has 5 rings (SSSR count). The monoisotopic (exact) mass is 400 g/mol. The normalized spacial score (nSPS) is 22.2. The van der Waals surface area contributed by atoms with Gasteiger partial charge in [-0.2, -0.15) is 4.57 Å². The van der Waals surface area contributed by atoms with Crippen LogP contribution in [0.3, 0.4) is 0 Å². The molecule has 0 spiro atoms. The van der Waals surface area contributed by atoms with Crippen LogP contribution >= 0.6 is 0 Å². The van der Waals surface area contributed by atoms with E-state index in [0.717, 1.165) is 43.7 Å². The van der Waals surface area contributed by atoms with Gasteiger partial charge in [-0.1, -0.05) is 0 Å². The summed E-state index contributed by atoms with van der Waals surface area (Å²) in [5.41, 5.74) is 4.26. The van der Waals surface area contributed by atoms with Crippen molar-refractivity contribution in [2.75, 3.05) is 6.61 Å². The van der Waals surface area contributed by atoms with Gasteiger partial charge in [0.15, 0.2) is 18.5 Å². The summed E-state index contributed by atoms with van der Waals surface area (Å²) >= 11 is 0. The first kappa shape index (κ1) is 19.0. The fraction of sp³-hybridized carbons (Fsp3) is 0.286. The average Bonchev–Trinajstić information content (AvgIpc) is 3.20. The topological polar surface area (TPSA) is 89.6 Å². The molecule has 0 saturated carbocycles. The Labute approximate surface area is 167 Å². The van der Waals surface area contributed by atoms with Crippen molar-refractivity contribution in [3.8, 4) is 5.75 Å². The Morgan fingerprint density at radius 2 is 1.86 bits per heavy atom. The molecular formula is C21H21ClN2O4. The van der Waals surface area contributed by atoms with Gasteiger partial charge >= 0.3 is 0 Å². The molecule has 3 heterocycles. The SMILES string of the molecule is Cc1c2cc[n+](C3OCC(O)C3O)cc2c(C)c2c1[nH]c1ccc(O)cc12.[Cl-]. The molecule has 1 aliphatic rings. The van der Waals surface area contributed by atoms with Crippen molar-refractivity contribution in [3.05, 3.63) is 47.8 Å². The molecule has 0 amide bonds. The minimum absolute atomic E-state index is 0. The lowest BCUT2D eigenvalue weighted by atomic mass is 9.97. The zero-order valence-corrected chi connectivity index (χ0v) is 16.2. The van der Waals surface area contributed by atoms with Crippen LogP contribution in [0.2, 0.25) is 0 Å². The van der Waals surface area contributed by atoms with Gasteiger partial charge in [0.2, 0.25) is 0 Å².